The van der Waals surface area contributed by atoms with Gasteiger partial charge in [0, 0.05) is 5.57 Å². The van der Waals surface area contributed by atoms with Crippen LogP contribution < -0.4 is 14.2 Å². The lowest BCUT2D eigenvalue weighted by molar-refractivity contribution is -0.277. The molecule has 0 amide bonds. The van der Waals surface area contributed by atoms with Crippen molar-refractivity contribution in [3.05, 3.63) is 23.3 Å². The standard InChI is InChI=1S/C19H26O10/c1-4-10(18(24)25)5-9-6-11(26-2)17(12(7-9)27-3)29-19-16(23)15(22)14(21)13(8-20)28-19/h5-7,13-16,19-23H,4,8H2,1-3H3,(H,24,25)/t13-,14-,15+,16-,19+/m1/s1. The fraction of sp³-hybridized carbons (Fsp3) is 0.526. The maximum atomic E-state index is 11.3. The summed E-state index contributed by atoms with van der Waals surface area (Å²) in [5.41, 5.74) is 0.663. The molecular weight excluding hydrogens is 388 g/mol. The van der Waals surface area contributed by atoms with Gasteiger partial charge in [0.05, 0.1) is 20.8 Å². The molecule has 10 heteroatoms. The van der Waals surface area contributed by atoms with Crippen LogP contribution >= 0.6 is 0 Å². The zero-order valence-corrected chi connectivity index (χ0v) is 16.3. The molecule has 29 heavy (non-hydrogen) atoms. The Morgan fingerprint density at radius 2 is 1.69 bits per heavy atom. The van der Waals surface area contributed by atoms with Crippen LogP contribution in [-0.2, 0) is 9.53 Å². The summed E-state index contributed by atoms with van der Waals surface area (Å²) in [6.45, 7) is 1.11. The summed E-state index contributed by atoms with van der Waals surface area (Å²) in [5.74, 6) is -0.696. The van der Waals surface area contributed by atoms with Gasteiger partial charge >= 0.3 is 5.97 Å². The van der Waals surface area contributed by atoms with Gasteiger partial charge in [-0.1, -0.05) is 6.92 Å². The zero-order valence-electron chi connectivity index (χ0n) is 16.3. The number of aliphatic carboxylic acids is 1. The molecule has 1 aromatic rings. The monoisotopic (exact) mass is 414 g/mol. The first-order valence-electron chi connectivity index (χ1n) is 8.94. The van der Waals surface area contributed by atoms with Crippen LogP contribution in [0.3, 0.4) is 0 Å². The molecule has 0 aliphatic carbocycles. The van der Waals surface area contributed by atoms with Gasteiger partial charge in [0.25, 0.3) is 0 Å². The van der Waals surface area contributed by atoms with Crippen LogP contribution in [0.4, 0.5) is 0 Å². The van der Waals surface area contributed by atoms with Gasteiger partial charge in [-0.3, -0.25) is 0 Å². The molecule has 0 aromatic heterocycles. The number of hydrogen-bond acceptors (Lipinski definition) is 9. The Morgan fingerprint density at radius 1 is 1.10 bits per heavy atom. The molecule has 1 fully saturated rings. The molecule has 2 rings (SSSR count). The molecule has 5 N–H and O–H groups in total. The van der Waals surface area contributed by atoms with Crippen molar-refractivity contribution in [1.29, 1.82) is 0 Å². The Kier molecular flexibility index (Phi) is 7.82. The van der Waals surface area contributed by atoms with Crippen molar-refractivity contribution in [2.75, 3.05) is 20.8 Å². The van der Waals surface area contributed by atoms with E-state index in [0.717, 1.165) is 0 Å². The number of hydrogen-bond donors (Lipinski definition) is 5. The van der Waals surface area contributed by atoms with Crippen molar-refractivity contribution >= 4 is 12.0 Å². The van der Waals surface area contributed by atoms with Crippen molar-refractivity contribution in [3.63, 3.8) is 0 Å². The Bertz CT molecular complexity index is 720. The van der Waals surface area contributed by atoms with Crippen LogP contribution in [0.2, 0.25) is 0 Å². The second kappa shape index (κ2) is 9.90. The minimum atomic E-state index is -1.61. The van der Waals surface area contributed by atoms with E-state index in [1.54, 1.807) is 6.92 Å². The molecule has 1 aromatic carbocycles. The number of ether oxygens (including phenoxy) is 4. The smallest absolute Gasteiger partial charge is 0.331 e. The highest BCUT2D eigenvalue weighted by Crippen LogP contribution is 2.41. The van der Waals surface area contributed by atoms with E-state index in [9.17, 15) is 30.3 Å². The number of rotatable bonds is 8. The third kappa shape index (κ3) is 4.98. The Morgan fingerprint density at radius 3 is 2.14 bits per heavy atom. The van der Waals surface area contributed by atoms with Gasteiger partial charge in [-0.2, -0.15) is 0 Å². The summed E-state index contributed by atoms with van der Waals surface area (Å²) in [6.07, 6.45) is -5.53. The number of benzene rings is 1. The van der Waals surface area contributed by atoms with Gasteiger partial charge in [0.15, 0.2) is 11.5 Å². The molecule has 1 aliphatic rings. The fourth-order valence-corrected chi connectivity index (χ4v) is 2.90. The highest BCUT2D eigenvalue weighted by molar-refractivity contribution is 5.92. The normalized spacial score (nSPS) is 27.4. The zero-order chi connectivity index (χ0) is 21.7. The van der Waals surface area contributed by atoms with Gasteiger partial charge in [-0.25, -0.2) is 4.79 Å². The van der Waals surface area contributed by atoms with E-state index < -0.39 is 43.3 Å². The van der Waals surface area contributed by atoms with E-state index in [0.29, 0.717) is 12.0 Å². The SMILES string of the molecule is CCC(=Cc1cc(OC)c(O[C@@H]2O[C@H](CO)[C@@H](O)[C@H](O)[C@H]2O)c(OC)c1)C(=O)O. The van der Waals surface area contributed by atoms with Gasteiger partial charge in [0.2, 0.25) is 12.0 Å². The predicted octanol–water partition coefficient (Wildman–Crippen LogP) is -0.240. The molecule has 1 heterocycles. The van der Waals surface area contributed by atoms with Crippen LogP contribution in [0.15, 0.2) is 17.7 Å². The number of carbonyl (C=O) groups is 1. The molecule has 0 spiro atoms. The lowest BCUT2D eigenvalue weighted by Gasteiger charge is -2.39. The molecular formula is C19H26O10. The van der Waals surface area contributed by atoms with E-state index >= 15 is 0 Å². The number of methoxy groups -OCH3 is 2. The molecule has 0 saturated carbocycles. The van der Waals surface area contributed by atoms with E-state index in [1.165, 1.54) is 32.4 Å². The van der Waals surface area contributed by atoms with Crippen molar-refractivity contribution in [2.24, 2.45) is 0 Å². The molecule has 0 radical (unpaired) electrons. The Balaban J connectivity index is 2.41. The minimum Gasteiger partial charge on any atom is -0.493 e. The van der Waals surface area contributed by atoms with Gasteiger partial charge < -0.3 is 44.5 Å². The highest BCUT2D eigenvalue weighted by Gasteiger charge is 2.45. The second-order valence-corrected chi connectivity index (χ2v) is 6.40. The first-order chi connectivity index (χ1) is 13.8. The predicted molar refractivity (Wildman–Crippen MR) is 99.8 cm³/mol. The van der Waals surface area contributed by atoms with Crippen LogP contribution in [0, 0.1) is 0 Å². The molecule has 0 unspecified atom stereocenters. The third-order valence-corrected chi connectivity index (χ3v) is 4.56. The van der Waals surface area contributed by atoms with Crippen LogP contribution in [-0.4, -0.2) is 83.0 Å². The summed E-state index contributed by atoms with van der Waals surface area (Å²) in [6, 6.07) is 3.03. The highest BCUT2D eigenvalue weighted by atomic mass is 16.7. The Hall–Kier alpha value is -2.37. The van der Waals surface area contributed by atoms with Gasteiger partial charge in [-0.05, 0) is 30.2 Å². The molecule has 10 nitrogen and oxygen atoms in total. The number of aliphatic hydroxyl groups excluding tert-OH is 4. The van der Waals surface area contributed by atoms with Crippen molar-refractivity contribution in [1.82, 2.24) is 0 Å². The summed E-state index contributed by atoms with van der Waals surface area (Å²) in [5, 5.41) is 48.5. The van der Waals surface area contributed by atoms with E-state index in [-0.39, 0.29) is 22.8 Å². The molecule has 1 aliphatic heterocycles. The molecule has 5 atom stereocenters. The topological polar surface area (TPSA) is 155 Å². The second-order valence-electron chi connectivity index (χ2n) is 6.40. The average molecular weight is 414 g/mol. The largest absolute Gasteiger partial charge is 0.493 e. The lowest BCUT2D eigenvalue weighted by atomic mass is 9.99. The van der Waals surface area contributed by atoms with Crippen molar-refractivity contribution in [2.45, 2.75) is 44.1 Å². The quantitative estimate of drug-likeness (QED) is 0.360. The first kappa shape index (κ1) is 22.9. The van der Waals surface area contributed by atoms with Crippen molar-refractivity contribution < 1.29 is 49.3 Å². The average Bonchev–Trinajstić information content (AvgIpc) is 2.72. The Labute approximate surface area is 167 Å². The maximum Gasteiger partial charge on any atom is 0.331 e. The van der Waals surface area contributed by atoms with E-state index in [2.05, 4.69) is 0 Å². The lowest BCUT2D eigenvalue weighted by Crippen LogP contribution is -2.60. The summed E-state index contributed by atoms with van der Waals surface area (Å²) >= 11 is 0. The first-order valence-corrected chi connectivity index (χ1v) is 8.94. The fourth-order valence-electron chi connectivity index (χ4n) is 2.90. The molecule has 162 valence electrons. The summed E-state index contributed by atoms with van der Waals surface area (Å²) < 4.78 is 21.6. The molecule has 1 saturated heterocycles. The number of carboxylic acid groups (broad SMARTS) is 1. The van der Waals surface area contributed by atoms with Crippen LogP contribution in [0.5, 0.6) is 17.2 Å². The van der Waals surface area contributed by atoms with Gasteiger partial charge in [-0.15, -0.1) is 0 Å². The molecule has 0 bridgehead atoms. The van der Waals surface area contributed by atoms with Gasteiger partial charge in [0.1, 0.15) is 24.4 Å². The maximum absolute atomic E-state index is 11.3. The van der Waals surface area contributed by atoms with E-state index in [4.69, 9.17) is 18.9 Å². The number of aliphatic hydroxyl groups is 4. The minimum absolute atomic E-state index is 0.0323. The van der Waals surface area contributed by atoms with Crippen LogP contribution in [0.1, 0.15) is 18.9 Å². The summed E-state index contributed by atoms with van der Waals surface area (Å²) in [4.78, 5) is 11.3. The van der Waals surface area contributed by atoms with Crippen molar-refractivity contribution in [3.8, 4) is 17.2 Å². The third-order valence-electron chi connectivity index (χ3n) is 4.56. The van der Waals surface area contributed by atoms with Crippen LogP contribution in [0.25, 0.3) is 6.08 Å². The summed E-state index contributed by atoms with van der Waals surface area (Å²) in [7, 11) is 2.72. The van der Waals surface area contributed by atoms with E-state index in [1.807, 2.05) is 0 Å². The number of carboxylic acids is 1.